The minimum atomic E-state index is 0.822. The maximum atomic E-state index is 3.83. The molecule has 0 heterocycles. The molecule has 0 amide bonds. The topological polar surface area (TPSA) is 0 Å². The Morgan fingerprint density at radius 1 is 1.00 bits per heavy atom. The average molecular weight is 226 g/mol. The van der Waals surface area contributed by atoms with Crippen molar-refractivity contribution in [1.82, 2.24) is 0 Å². The van der Waals surface area contributed by atoms with E-state index in [1.165, 1.54) is 0 Å². The quantitative estimate of drug-likeness (QED) is 0.388. The van der Waals surface area contributed by atoms with E-state index >= 15 is 0 Å². The van der Waals surface area contributed by atoms with E-state index < -0.39 is 0 Å². The highest BCUT2D eigenvalue weighted by Crippen LogP contribution is 2.18. The van der Waals surface area contributed by atoms with Gasteiger partial charge in [-0.15, -0.1) is 6.58 Å². The van der Waals surface area contributed by atoms with Gasteiger partial charge in [-0.1, -0.05) is 69.2 Å². The maximum Gasteiger partial charge on any atom is -0.0100 e. The third-order valence-electron chi connectivity index (χ3n) is 2.26. The van der Waals surface area contributed by atoms with E-state index in [0.29, 0.717) is 0 Å². The van der Waals surface area contributed by atoms with Gasteiger partial charge in [0.25, 0.3) is 0 Å². The fraction of sp³-hybridized carbons (Fsp3) is 0.176. The van der Waals surface area contributed by atoms with Crippen molar-refractivity contribution in [3.8, 4) is 0 Å². The third-order valence-corrected chi connectivity index (χ3v) is 2.26. The van der Waals surface area contributed by atoms with Crippen LogP contribution in [-0.4, -0.2) is 0 Å². The lowest BCUT2D eigenvalue weighted by atomic mass is 10.00. The highest BCUT2D eigenvalue weighted by Gasteiger charge is 1.98. The molecule has 0 spiro atoms. The maximum absolute atomic E-state index is 3.83. The lowest BCUT2D eigenvalue weighted by Crippen LogP contribution is -1.86. The fourth-order valence-corrected chi connectivity index (χ4v) is 1.46. The summed E-state index contributed by atoms with van der Waals surface area (Å²) in [5.41, 5.74) is 3.38. The fourth-order valence-electron chi connectivity index (χ4n) is 1.46. The molecule has 0 aliphatic rings. The van der Waals surface area contributed by atoms with Gasteiger partial charge < -0.3 is 0 Å². The van der Waals surface area contributed by atoms with E-state index in [1.807, 2.05) is 24.3 Å². The van der Waals surface area contributed by atoms with E-state index in [9.17, 15) is 0 Å². The molecule has 0 saturated carbocycles. The van der Waals surface area contributed by atoms with Crippen molar-refractivity contribution in [2.75, 3.05) is 0 Å². The summed E-state index contributed by atoms with van der Waals surface area (Å²) in [6.45, 7) is 17.2. The zero-order valence-corrected chi connectivity index (χ0v) is 10.8. The van der Waals surface area contributed by atoms with E-state index in [2.05, 4.69) is 45.4 Å². The Bertz CT molecular complexity index is 373. The zero-order valence-electron chi connectivity index (χ0n) is 10.8. The number of allylic oxidation sites excluding steroid dienone is 10. The molecule has 0 rings (SSSR count). The van der Waals surface area contributed by atoms with Crippen LogP contribution in [-0.2, 0) is 0 Å². The second-order valence-electron chi connectivity index (χ2n) is 3.55. The highest BCUT2D eigenvalue weighted by molar-refractivity contribution is 5.49. The van der Waals surface area contributed by atoms with E-state index in [-0.39, 0.29) is 0 Å². The van der Waals surface area contributed by atoms with Crippen molar-refractivity contribution in [2.24, 2.45) is 0 Å². The molecule has 0 aliphatic carbocycles. The normalized spacial score (nSPS) is 13.1. The molecule has 0 aromatic heterocycles. The monoisotopic (exact) mass is 226 g/mol. The van der Waals surface area contributed by atoms with Crippen LogP contribution >= 0.6 is 0 Å². The number of rotatable bonds is 8. The first-order valence-corrected chi connectivity index (χ1v) is 5.83. The van der Waals surface area contributed by atoms with Crippen LogP contribution in [0.2, 0.25) is 0 Å². The van der Waals surface area contributed by atoms with Crippen LogP contribution in [0.15, 0.2) is 85.6 Å². The number of hydrogen-bond donors (Lipinski definition) is 0. The summed E-state index contributed by atoms with van der Waals surface area (Å²) in [5, 5.41) is 0. The van der Waals surface area contributed by atoms with Crippen LogP contribution < -0.4 is 0 Å². The SMILES string of the molecule is C=C\C=C(C=C)/C(=C\CC)/C=C(/C=C)CC=C. The summed E-state index contributed by atoms with van der Waals surface area (Å²) in [7, 11) is 0. The smallest absolute Gasteiger partial charge is 0.0100 e. The van der Waals surface area contributed by atoms with Crippen molar-refractivity contribution in [3.05, 3.63) is 85.6 Å². The molecule has 0 aromatic rings. The van der Waals surface area contributed by atoms with Crippen LogP contribution in [0.5, 0.6) is 0 Å². The van der Waals surface area contributed by atoms with Gasteiger partial charge >= 0.3 is 0 Å². The largest absolute Gasteiger partial charge is 0.103 e. The molecule has 0 nitrogen and oxygen atoms in total. The standard InChI is InChI=1S/C17H22/c1-6-11-15(9-4)14-17(13-8-3)16(10-5)12-7-2/h6-7,9-10,12-14H,1-2,4-5,8,11H2,3H3/b15-14-,16-12-,17-13-. The molecule has 90 valence electrons. The summed E-state index contributed by atoms with van der Waals surface area (Å²) in [4.78, 5) is 0. The summed E-state index contributed by atoms with van der Waals surface area (Å²) < 4.78 is 0. The molecule has 0 unspecified atom stereocenters. The van der Waals surface area contributed by atoms with Gasteiger partial charge in [0.2, 0.25) is 0 Å². The van der Waals surface area contributed by atoms with Crippen LogP contribution in [0.3, 0.4) is 0 Å². The van der Waals surface area contributed by atoms with Gasteiger partial charge in [-0.05, 0) is 29.6 Å². The van der Waals surface area contributed by atoms with Crippen molar-refractivity contribution >= 4 is 0 Å². The van der Waals surface area contributed by atoms with Gasteiger partial charge in [0.15, 0.2) is 0 Å². The predicted molar refractivity (Wildman–Crippen MR) is 79.9 cm³/mol. The van der Waals surface area contributed by atoms with Crippen molar-refractivity contribution in [2.45, 2.75) is 19.8 Å². The van der Waals surface area contributed by atoms with Crippen molar-refractivity contribution in [1.29, 1.82) is 0 Å². The Kier molecular flexibility index (Phi) is 8.40. The molecule has 17 heavy (non-hydrogen) atoms. The summed E-state index contributed by atoms with van der Waals surface area (Å²) in [6, 6.07) is 0. The Balaban J connectivity index is 5.37. The molecule has 0 aliphatic heterocycles. The second kappa shape index (κ2) is 9.41. The number of hydrogen-bond acceptors (Lipinski definition) is 0. The molecule has 0 radical (unpaired) electrons. The van der Waals surface area contributed by atoms with Gasteiger partial charge in [-0.2, -0.15) is 0 Å². The average Bonchev–Trinajstić information content (AvgIpc) is 2.34. The van der Waals surface area contributed by atoms with Crippen molar-refractivity contribution in [3.63, 3.8) is 0 Å². The van der Waals surface area contributed by atoms with Gasteiger partial charge in [-0.3, -0.25) is 0 Å². The summed E-state index contributed by atoms with van der Waals surface area (Å²) >= 11 is 0. The lowest BCUT2D eigenvalue weighted by Gasteiger charge is -2.05. The Morgan fingerprint density at radius 3 is 2.12 bits per heavy atom. The first kappa shape index (κ1) is 15.2. The zero-order chi connectivity index (χ0) is 13.1. The van der Waals surface area contributed by atoms with E-state index in [1.54, 1.807) is 6.08 Å². The first-order valence-electron chi connectivity index (χ1n) is 5.83. The van der Waals surface area contributed by atoms with Gasteiger partial charge in [0.05, 0.1) is 0 Å². The molecule has 0 aromatic carbocycles. The summed E-state index contributed by atoms with van der Waals surface area (Å²) in [5.74, 6) is 0. The minimum absolute atomic E-state index is 0.822. The van der Waals surface area contributed by atoms with E-state index in [4.69, 9.17) is 0 Å². The molecule has 0 N–H and O–H groups in total. The van der Waals surface area contributed by atoms with Gasteiger partial charge in [0.1, 0.15) is 0 Å². The van der Waals surface area contributed by atoms with Crippen LogP contribution in [0.1, 0.15) is 19.8 Å². The first-order chi connectivity index (χ1) is 8.23. The van der Waals surface area contributed by atoms with Crippen LogP contribution in [0, 0.1) is 0 Å². The molecule has 0 fully saturated rings. The highest BCUT2D eigenvalue weighted by atomic mass is 14.0. The second-order valence-corrected chi connectivity index (χ2v) is 3.55. The Morgan fingerprint density at radius 2 is 1.71 bits per heavy atom. The molecule has 0 bridgehead atoms. The third kappa shape index (κ3) is 5.72. The van der Waals surface area contributed by atoms with Gasteiger partial charge in [-0.25, -0.2) is 0 Å². The van der Waals surface area contributed by atoms with Gasteiger partial charge in [0, 0.05) is 0 Å². The minimum Gasteiger partial charge on any atom is -0.103 e. The van der Waals surface area contributed by atoms with Crippen LogP contribution in [0.25, 0.3) is 0 Å². The van der Waals surface area contributed by atoms with Crippen LogP contribution in [0.4, 0.5) is 0 Å². The molecule has 0 heteroatoms. The summed E-state index contributed by atoms with van der Waals surface area (Å²) in [6.07, 6.45) is 15.4. The molecule has 0 saturated heterocycles. The van der Waals surface area contributed by atoms with E-state index in [0.717, 1.165) is 29.6 Å². The van der Waals surface area contributed by atoms with Crippen molar-refractivity contribution < 1.29 is 0 Å². The molecular weight excluding hydrogens is 204 g/mol. The Labute approximate surface area is 106 Å². The Hall–Kier alpha value is -1.82. The predicted octanol–water partition coefficient (Wildman–Crippen LogP) is 5.31. The molecular formula is C17H22. The lowest BCUT2D eigenvalue weighted by molar-refractivity contribution is 1.19. The molecule has 0 atom stereocenters.